The molecular formula is C17H31ClO. The molecule has 0 spiro atoms. The Kier molecular flexibility index (Phi) is 15.5. The fourth-order valence-electron chi connectivity index (χ4n) is 2.32. The maximum Gasteiger partial charge on any atom is 0.221 e. The lowest BCUT2D eigenvalue weighted by molar-refractivity contribution is -0.111. The van der Waals surface area contributed by atoms with Crippen LogP contribution in [-0.2, 0) is 4.79 Å². The summed E-state index contributed by atoms with van der Waals surface area (Å²) in [7, 11) is 0. The number of hydrogen-bond donors (Lipinski definition) is 0. The van der Waals surface area contributed by atoms with Crippen LogP contribution in [0.25, 0.3) is 0 Å². The van der Waals surface area contributed by atoms with E-state index in [2.05, 4.69) is 6.58 Å². The minimum Gasteiger partial charge on any atom is -0.281 e. The first-order chi connectivity index (χ1) is 9.27. The molecule has 0 aliphatic carbocycles. The first-order valence-electron chi connectivity index (χ1n) is 8.06. The fourth-order valence-corrected chi connectivity index (χ4v) is 2.45. The van der Waals surface area contributed by atoms with Gasteiger partial charge in [-0.05, 0) is 30.9 Å². The van der Waals surface area contributed by atoms with Gasteiger partial charge in [-0.3, -0.25) is 4.79 Å². The van der Waals surface area contributed by atoms with Gasteiger partial charge in [-0.15, -0.1) is 6.58 Å². The monoisotopic (exact) mass is 286 g/mol. The molecule has 0 aromatic heterocycles. The Balaban J connectivity index is 2.95. The molecule has 0 N–H and O–H groups in total. The van der Waals surface area contributed by atoms with Crippen molar-refractivity contribution < 1.29 is 4.79 Å². The van der Waals surface area contributed by atoms with Crippen molar-refractivity contribution in [1.29, 1.82) is 0 Å². The first kappa shape index (κ1) is 18.7. The highest BCUT2D eigenvalue weighted by Gasteiger charge is 1.96. The van der Waals surface area contributed by atoms with Crippen LogP contribution in [0.2, 0.25) is 0 Å². The summed E-state index contributed by atoms with van der Waals surface area (Å²) < 4.78 is 0. The lowest BCUT2D eigenvalue weighted by Crippen LogP contribution is -1.86. The summed E-state index contributed by atoms with van der Waals surface area (Å²) in [5, 5.41) is -0.187. The zero-order valence-electron chi connectivity index (χ0n) is 12.5. The summed E-state index contributed by atoms with van der Waals surface area (Å²) >= 11 is 5.28. The summed E-state index contributed by atoms with van der Waals surface area (Å²) in [5.74, 6) is 0. The van der Waals surface area contributed by atoms with E-state index < -0.39 is 0 Å². The summed E-state index contributed by atoms with van der Waals surface area (Å²) in [6, 6.07) is 0. The van der Waals surface area contributed by atoms with E-state index in [0.29, 0.717) is 6.42 Å². The van der Waals surface area contributed by atoms with Crippen molar-refractivity contribution in [2.24, 2.45) is 0 Å². The fraction of sp³-hybridized carbons (Fsp3) is 0.824. The molecule has 0 saturated carbocycles. The Morgan fingerprint density at radius 2 is 1.11 bits per heavy atom. The molecule has 0 amide bonds. The Morgan fingerprint density at radius 3 is 1.47 bits per heavy atom. The maximum atomic E-state index is 10.5. The topological polar surface area (TPSA) is 17.1 Å². The molecule has 0 atom stereocenters. The maximum absolute atomic E-state index is 10.5. The average molecular weight is 287 g/mol. The quantitative estimate of drug-likeness (QED) is 0.193. The molecule has 0 aromatic rings. The van der Waals surface area contributed by atoms with E-state index >= 15 is 0 Å². The van der Waals surface area contributed by atoms with Crippen molar-refractivity contribution in [2.75, 3.05) is 0 Å². The minimum absolute atomic E-state index is 0.187. The third-order valence-corrected chi connectivity index (χ3v) is 3.72. The predicted molar refractivity (Wildman–Crippen MR) is 85.7 cm³/mol. The average Bonchev–Trinajstić information content (AvgIpc) is 2.39. The third-order valence-electron chi connectivity index (χ3n) is 3.53. The van der Waals surface area contributed by atoms with Crippen LogP contribution >= 0.6 is 11.6 Å². The Hall–Kier alpha value is -0.300. The van der Waals surface area contributed by atoms with Crippen LogP contribution in [-0.4, -0.2) is 5.24 Å². The zero-order valence-corrected chi connectivity index (χ0v) is 13.2. The van der Waals surface area contributed by atoms with E-state index in [9.17, 15) is 4.79 Å². The van der Waals surface area contributed by atoms with E-state index in [1.54, 1.807) is 0 Å². The summed E-state index contributed by atoms with van der Waals surface area (Å²) in [5.41, 5.74) is 0. The van der Waals surface area contributed by atoms with Crippen molar-refractivity contribution in [1.82, 2.24) is 0 Å². The van der Waals surface area contributed by atoms with Gasteiger partial charge in [0.1, 0.15) is 0 Å². The van der Waals surface area contributed by atoms with Crippen LogP contribution < -0.4 is 0 Å². The second-order valence-electron chi connectivity index (χ2n) is 5.43. The molecule has 0 fully saturated rings. The smallest absolute Gasteiger partial charge is 0.221 e. The van der Waals surface area contributed by atoms with Gasteiger partial charge < -0.3 is 0 Å². The number of unbranched alkanes of at least 4 members (excludes halogenated alkanes) is 12. The van der Waals surface area contributed by atoms with Crippen LogP contribution in [0, 0.1) is 0 Å². The summed E-state index contributed by atoms with van der Waals surface area (Å²) in [6.45, 7) is 3.74. The molecule has 112 valence electrons. The van der Waals surface area contributed by atoms with Gasteiger partial charge in [-0.2, -0.15) is 0 Å². The van der Waals surface area contributed by atoms with Crippen molar-refractivity contribution in [3.63, 3.8) is 0 Å². The van der Waals surface area contributed by atoms with E-state index in [-0.39, 0.29) is 5.24 Å². The van der Waals surface area contributed by atoms with Crippen molar-refractivity contribution in [3.05, 3.63) is 12.7 Å². The SMILES string of the molecule is C=CCCCCCCCCCCCCCCC(=O)Cl. The second kappa shape index (κ2) is 15.8. The van der Waals surface area contributed by atoms with Crippen LogP contribution in [0.1, 0.15) is 89.9 Å². The molecule has 0 radical (unpaired) electrons. The molecular weight excluding hydrogens is 256 g/mol. The predicted octanol–water partition coefficient (Wildman–Crippen LogP) is 6.40. The van der Waals surface area contributed by atoms with Gasteiger partial charge in [0.05, 0.1) is 0 Å². The molecule has 19 heavy (non-hydrogen) atoms. The highest BCUT2D eigenvalue weighted by Crippen LogP contribution is 2.13. The van der Waals surface area contributed by atoms with Gasteiger partial charge in [-0.25, -0.2) is 0 Å². The molecule has 0 rings (SSSR count). The van der Waals surface area contributed by atoms with Crippen molar-refractivity contribution >= 4 is 16.8 Å². The van der Waals surface area contributed by atoms with Gasteiger partial charge in [0.15, 0.2) is 0 Å². The number of hydrogen-bond acceptors (Lipinski definition) is 1. The molecule has 2 heteroatoms. The summed E-state index contributed by atoms with van der Waals surface area (Å²) in [4.78, 5) is 10.5. The number of rotatable bonds is 15. The normalized spacial score (nSPS) is 10.6. The molecule has 0 aliphatic heterocycles. The minimum atomic E-state index is -0.187. The third kappa shape index (κ3) is 17.7. The molecule has 0 aromatic carbocycles. The number of carbonyl (C=O) groups is 1. The van der Waals surface area contributed by atoms with E-state index in [4.69, 9.17) is 11.6 Å². The standard InChI is InChI=1S/C17H31ClO/c1-2-3-4-5-6-7-8-9-10-11-12-13-14-15-16-17(18)19/h2H,1,3-16H2. The molecule has 0 unspecified atom stereocenters. The van der Waals surface area contributed by atoms with Gasteiger partial charge in [0.25, 0.3) is 0 Å². The van der Waals surface area contributed by atoms with Crippen LogP contribution in [0.4, 0.5) is 0 Å². The first-order valence-corrected chi connectivity index (χ1v) is 8.44. The van der Waals surface area contributed by atoms with Crippen molar-refractivity contribution in [3.8, 4) is 0 Å². The number of carbonyl (C=O) groups excluding carboxylic acids is 1. The summed E-state index contributed by atoms with van der Waals surface area (Å²) in [6.07, 6.45) is 19.4. The molecule has 0 aliphatic rings. The highest BCUT2D eigenvalue weighted by atomic mass is 35.5. The van der Waals surface area contributed by atoms with Gasteiger partial charge >= 0.3 is 0 Å². The zero-order chi connectivity index (χ0) is 14.2. The number of allylic oxidation sites excluding steroid dienone is 1. The van der Waals surface area contributed by atoms with Crippen LogP contribution in [0.5, 0.6) is 0 Å². The van der Waals surface area contributed by atoms with Crippen LogP contribution in [0.15, 0.2) is 12.7 Å². The lowest BCUT2D eigenvalue weighted by atomic mass is 10.0. The van der Waals surface area contributed by atoms with E-state index in [1.165, 1.54) is 70.6 Å². The second-order valence-corrected chi connectivity index (χ2v) is 5.85. The molecule has 1 nitrogen and oxygen atoms in total. The van der Waals surface area contributed by atoms with E-state index in [1.807, 2.05) is 6.08 Å². The molecule has 0 saturated heterocycles. The van der Waals surface area contributed by atoms with Gasteiger partial charge in [0, 0.05) is 6.42 Å². The van der Waals surface area contributed by atoms with Crippen molar-refractivity contribution in [2.45, 2.75) is 89.9 Å². The molecule has 0 heterocycles. The number of halogens is 1. The highest BCUT2D eigenvalue weighted by molar-refractivity contribution is 6.63. The largest absolute Gasteiger partial charge is 0.281 e. The Morgan fingerprint density at radius 1 is 0.737 bits per heavy atom. The Labute approximate surface area is 124 Å². The van der Waals surface area contributed by atoms with Gasteiger partial charge in [-0.1, -0.05) is 70.3 Å². The van der Waals surface area contributed by atoms with E-state index in [0.717, 1.165) is 12.8 Å². The lowest BCUT2D eigenvalue weighted by Gasteiger charge is -2.02. The van der Waals surface area contributed by atoms with Gasteiger partial charge in [0.2, 0.25) is 5.24 Å². The molecule has 0 bridgehead atoms. The van der Waals surface area contributed by atoms with Crippen LogP contribution in [0.3, 0.4) is 0 Å². The Bertz CT molecular complexity index is 213.